The van der Waals surface area contributed by atoms with Gasteiger partial charge < -0.3 is 28.8 Å². The molecule has 0 aliphatic heterocycles. The van der Waals surface area contributed by atoms with E-state index in [0.717, 1.165) is 0 Å². The maximum Gasteiger partial charge on any atom is 0.261 e. The molecule has 9 heteroatoms. The number of amides is 1. The predicted octanol–water partition coefficient (Wildman–Crippen LogP) is 2.85. The molecule has 0 bridgehead atoms. The standard InChI is InChI=1S/C21H23N3O6/c1-13(29-17-8-6-5-7-16(17)27-3)21(25)22-12-19-23-20(24-30-19)15-10-9-14(26-2)11-18(15)28-4/h5-11,13H,12H2,1-4H3,(H,22,25). The van der Waals surface area contributed by atoms with Crippen LogP contribution in [0.1, 0.15) is 12.8 Å². The third-order valence-electron chi connectivity index (χ3n) is 4.27. The smallest absolute Gasteiger partial charge is 0.261 e. The Morgan fingerprint density at radius 2 is 1.77 bits per heavy atom. The molecule has 1 amide bonds. The Kier molecular flexibility index (Phi) is 6.74. The summed E-state index contributed by atoms with van der Waals surface area (Å²) >= 11 is 0. The van der Waals surface area contributed by atoms with Gasteiger partial charge in [0.05, 0.1) is 33.4 Å². The third kappa shape index (κ3) is 4.80. The molecule has 0 aliphatic rings. The lowest BCUT2D eigenvalue weighted by Gasteiger charge is -2.16. The van der Waals surface area contributed by atoms with Gasteiger partial charge in [0.25, 0.3) is 5.91 Å². The first-order valence-electron chi connectivity index (χ1n) is 9.18. The molecule has 1 unspecified atom stereocenters. The van der Waals surface area contributed by atoms with Crippen LogP contribution in [0.15, 0.2) is 47.0 Å². The Labute approximate surface area is 173 Å². The largest absolute Gasteiger partial charge is 0.497 e. The van der Waals surface area contributed by atoms with Crippen molar-refractivity contribution in [1.29, 1.82) is 0 Å². The summed E-state index contributed by atoms with van der Waals surface area (Å²) in [5, 5.41) is 6.67. The van der Waals surface area contributed by atoms with Gasteiger partial charge in [-0.1, -0.05) is 17.3 Å². The molecule has 2 aromatic carbocycles. The monoisotopic (exact) mass is 413 g/mol. The van der Waals surface area contributed by atoms with Gasteiger partial charge in [0.1, 0.15) is 11.5 Å². The number of nitrogens with zero attached hydrogens (tertiary/aromatic N) is 2. The van der Waals surface area contributed by atoms with Crippen LogP contribution >= 0.6 is 0 Å². The molecular formula is C21H23N3O6. The normalized spacial score (nSPS) is 11.5. The molecule has 1 N–H and O–H groups in total. The van der Waals surface area contributed by atoms with Crippen molar-refractivity contribution in [2.75, 3.05) is 21.3 Å². The second kappa shape index (κ2) is 9.64. The number of ether oxygens (including phenoxy) is 4. The summed E-state index contributed by atoms with van der Waals surface area (Å²) in [4.78, 5) is 16.7. The SMILES string of the molecule is COc1ccc(-c2noc(CNC(=O)C(C)Oc3ccccc3OC)n2)c(OC)c1. The van der Waals surface area contributed by atoms with Crippen LogP contribution in [0.25, 0.3) is 11.4 Å². The Morgan fingerprint density at radius 1 is 1.03 bits per heavy atom. The molecule has 0 spiro atoms. The van der Waals surface area contributed by atoms with E-state index in [0.29, 0.717) is 34.4 Å². The first-order chi connectivity index (χ1) is 14.5. The lowest BCUT2D eigenvalue weighted by molar-refractivity contribution is -0.127. The average molecular weight is 413 g/mol. The summed E-state index contributed by atoms with van der Waals surface area (Å²) in [5.41, 5.74) is 0.646. The van der Waals surface area contributed by atoms with E-state index >= 15 is 0 Å². The lowest BCUT2D eigenvalue weighted by Crippen LogP contribution is -2.36. The van der Waals surface area contributed by atoms with Crippen LogP contribution in [0, 0.1) is 0 Å². The number of nitrogens with one attached hydrogen (secondary N) is 1. The van der Waals surface area contributed by atoms with Crippen LogP contribution in [-0.2, 0) is 11.3 Å². The number of aromatic nitrogens is 2. The van der Waals surface area contributed by atoms with E-state index < -0.39 is 6.10 Å². The topological polar surface area (TPSA) is 105 Å². The van der Waals surface area contributed by atoms with Crippen LogP contribution in [0.5, 0.6) is 23.0 Å². The van der Waals surface area contributed by atoms with Gasteiger partial charge in [-0.15, -0.1) is 0 Å². The van der Waals surface area contributed by atoms with Gasteiger partial charge in [-0.05, 0) is 31.2 Å². The molecule has 1 aromatic heterocycles. The molecule has 9 nitrogen and oxygen atoms in total. The maximum atomic E-state index is 12.4. The molecule has 158 valence electrons. The van der Waals surface area contributed by atoms with Crippen LogP contribution in [0.4, 0.5) is 0 Å². The summed E-state index contributed by atoms with van der Waals surface area (Å²) in [5.74, 6) is 2.49. The minimum absolute atomic E-state index is 0.0595. The number of rotatable bonds is 9. The quantitative estimate of drug-likeness (QED) is 0.571. The zero-order chi connectivity index (χ0) is 21.5. The zero-order valence-corrected chi connectivity index (χ0v) is 17.2. The predicted molar refractivity (Wildman–Crippen MR) is 108 cm³/mol. The molecule has 0 saturated carbocycles. The molecular weight excluding hydrogens is 390 g/mol. The first kappa shape index (κ1) is 21.0. The van der Waals surface area contributed by atoms with Gasteiger partial charge in [-0.2, -0.15) is 4.98 Å². The minimum Gasteiger partial charge on any atom is -0.497 e. The highest BCUT2D eigenvalue weighted by atomic mass is 16.5. The van der Waals surface area contributed by atoms with E-state index in [1.807, 2.05) is 6.07 Å². The average Bonchev–Trinajstić information content (AvgIpc) is 3.26. The minimum atomic E-state index is -0.745. The Morgan fingerprint density at radius 3 is 2.47 bits per heavy atom. The number of para-hydroxylation sites is 2. The molecule has 1 atom stereocenters. The molecule has 30 heavy (non-hydrogen) atoms. The van der Waals surface area contributed by atoms with Crippen LogP contribution in [-0.4, -0.2) is 43.5 Å². The van der Waals surface area contributed by atoms with Crippen molar-refractivity contribution >= 4 is 5.91 Å². The zero-order valence-electron chi connectivity index (χ0n) is 17.2. The second-order valence-electron chi connectivity index (χ2n) is 6.21. The summed E-state index contributed by atoms with van der Waals surface area (Å²) in [6.45, 7) is 1.70. The second-order valence-corrected chi connectivity index (χ2v) is 6.21. The number of methoxy groups -OCH3 is 3. The van der Waals surface area contributed by atoms with Gasteiger partial charge in [0, 0.05) is 6.07 Å². The van der Waals surface area contributed by atoms with E-state index in [-0.39, 0.29) is 18.3 Å². The Balaban J connectivity index is 1.62. The third-order valence-corrected chi connectivity index (χ3v) is 4.27. The Bertz CT molecular complexity index is 1000. The molecule has 0 radical (unpaired) electrons. The summed E-state index contributed by atoms with van der Waals surface area (Å²) < 4.78 is 26.7. The number of carbonyl (C=O) groups is 1. The highest BCUT2D eigenvalue weighted by Gasteiger charge is 2.19. The molecule has 0 aliphatic carbocycles. The Hall–Kier alpha value is -3.75. The lowest BCUT2D eigenvalue weighted by atomic mass is 10.2. The van der Waals surface area contributed by atoms with E-state index in [4.69, 9.17) is 23.5 Å². The molecule has 1 heterocycles. The first-order valence-corrected chi connectivity index (χ1v) is 9.18. The summed E-state index contributed by atoms with van der Waals surface area (Å²) in [6.07, 6.45) is -0.745. The van der Waals surface area contributed by atoms with Crippen LogP contribution in [0.3, 0.4) is 0 Å². The number of carbonyl (C=O) groups excluding carboxylic acids is 1. The van der Waals surface area contributed by atoms with E-state index in [9.17, 15) is 4.79 Å². The van der Waals surface area contributed by atoms with Crippen LogP contribution in [0.2, 0.25) is 0 Å². The highest BCUT2D eigenvalue weighted by Crippen LogP contribution is 2.31. The fourth-order valence-electron chi connectivity index (χ4n) is 2.69. The van der Waals surface area contributed by atoms with E-state index in [2.05, 4.69) is 15.5 Å². The van der Waals surface area contributed by atoms with Crippen molar-refractivity contribution in [2.24, 2.45) is 0 Å². The van der Waals surface area contributed by atoms with Crippen molar-refractivity contribution in [2.45, 2.75) is 19.6 Å². The molecule has 0 fully saturated rings. The van der Waals surface area contributed by atoms with Crippen molar-refractivity contribution in [3.8, 4) is 34.4 Å². The summed E-state index contributed by atoms with van der Waals surface area (Å²) in [6, 6.07) is 12.4. The van der Waals surface area contributed by atoms with Gasteiger partial charge >= 0.3 is 0 Å². The van der Waals surface area contributed by atoms with E-state index in [1.165, 1.54) is 7.11 Å². The van der Waals surface area contributed by atoms with Gasteiger partial charge in [0.15, 0.2) is 17.6 Å². The fraction of sp³-hybridized carbons (Fsp3) is 0.286. The fourth-order valence-corrected chi connectivity index (χ4v) is 2.69. The van der Waals surface area contributed by atoms with Gasteiger partial charge in [-0.3, -0.25) is 4.79 Å². The van der Waals surface area contributed by atoms with E-state index in [1.54, 1.807) is 57.5 Å². The van der Waals surface area contributed by atoms with Crippen LogP contribution < -0.4 is 24.3 Å². The molecule has 3 aromatic rings. The van der Waals surface area contributed by atoms with Crippen molar-refractivity contribution in [3.05, 3.63) is 48.4 Å². The highest BCUT2D eigenvalue weighted by molar-refractivity contribution is 5.80. The number of hydrogen-bond acceptors (Lipinski definition) is 8. The molecule has 3 rings (SSSR count). The van der Waals surface area contributed by atoms with Crippen molar-refractivity contribution in [1.82, 2.24) is 15.5 Å². The van der Waals surface area contributed by atoms with Gasteiger partial charge in [-0.25, -0.2) is 0 Å². The number of hydrogen-bond donors (Lipinski definition) is 1. The number of benzene rings is 2. The van der Waals surface area contributed by atoms with Crippen molar-refractivity contribution in [3.63, 3.8) is 0 Å². The maximum absolute atomic E-state index is 12.4. The van der Waals surface area contributed by atoms with Crippen molar-refractivity contribution < 1.29 is 28.3 Å². The summed E-state index contributed by atoms with van der Waals surface area (Å²) in [7, 11) is 4.66. The molecule has 0 saturated heterocycles. The van der Waals surface area contributed by atoms with Gasteiger partial charge in [0.2, 0.25) is 11.7 Å².